The van der Waals surface area contributed by atoms with Gasteiger partial charge in [0, 0.05) is 19.0 Å². The number of rotatable bonds is 3. The van der Waals surface area contributed by atoms with E-state index in [1.807, 2.05) is 4.90 Å². The van der Waals surface area contributed by atoms with Gasteiger partial charge in [-0.25, -0.2) is 9.07 Å². The first kappa shape index (κ1) is 17.2. The van der Waals surface area contributed by atoms with Crippen LogP contribution < -0.4 is 0 Å². The maximum absolute atomic E-state index is 13.6. The normalized spacial score (nSPS) is 22.5. The first-order chi connectivity index (χ1) is 12.4. The van der Waals surface area contributed by atoms with E-state index in [0.717, 1.165) is 38.0 Å². The molecule has 2 fully saturated rings. The zero-order valence-corrected chi connectivity index (χ0v) is 15.6. The molecular weight excluding hydrogens is 331 g/mol. The van der Waals surface area contributed by atoms with Crippen molar-refractivity contribution < 1.29 is 9.18 Å². The minimum atomic E-state index is -0.320. The number of hydrogen-bond donors (Lipinski definition) is 0. The van der Waals surface area contributed by atoms with Crippen molar-refractivity contribution in [3.05, 3.63) is 41.5 Å². The lowest BCUT2D eigenvalue weighted by molar-refractivity contribution is 0.0421. The van der Waals surface area contributed by atoms with Gasteiger partial charge in [0.15, 0.2) is 5.69 Å². The fourth-order valence-electron chi connectivity index (χ4n) is 3.75. The molecule has 1 aromatic heterocycles. The highest BCUT2D eigenvalue weighted by Gasteiger charge is 2.39. The van der Waals surface area contributed by atoms with Gasteiger partial charge in [-0.3, -0.25) is 4.79 Å². The van der Waals surface area contributed by atoms with Gasteiger partial charge in [0.25, 0.3) is 5.91 Å². The van der Waals surface area contributed by atoms with Crippen LogP contribution in [0.4, 0.5) is 4.39 Å². The average Bonchev–Trinajstić information content (AvgIpc) is 3.34. The summed E-state index contributed by atoms with van der Waals surface area (Å²) in [5, 5.41) is 8.43. The summed E-state index contributed by atoms with van der Waals surface area (Å²) in [6.07, 6.45) is 3.03. The van der Waals surface area contributed by atoms with Crippen molar-refractivity contribution in [1.82, 2.24) is 19.9 Å². The molecule has 2 aromatic rings. The van der Waals surface area contributed by atoms with E-state index in [1.54, 1.807) is 16.8 Å². The molecule has 0 radical (unpaired) electrons. The summed E-state index contributed by atoms with van der Waals surface area (Å²) in [5.41, 5.74) is 1.97. The van der Waals surface area contributed by atoms with Gasteiger partial charge in [-0.2, -0.15) is 0 Å². The van der Waals surface area contributed by atoms with Crippen LogP contribution in [-0.2, 0) is 0 Å². The van der Waals surface area contributed by atoms with Crippen LogP contribution in [0.3, 0.4) is 0 Å². The fraction of sp³-hybridized carbons (Fsp3) is 0.550. The van der Waals surface area contributed by atoms with E-state index in [4.69, 9.17) is 0 Å². The molecule has 26 heavy (non-hydrogen) atoms. The van der Waals surface area contributed by atoms with Crippen LogP contribution in [0.1, 0.15) is 62.1 Å². The maximum atomic E-state index is 13.6. The molecule has 1 atom stereocenters. The van der Waals surface area contributed by atoms with Crippen LogP contribution in [0.15, 0.2) is 24.3 Å². The van der Waals surface area contributed by atoms with Gasteiger partial charge in [0.2, 0.25) is 0 Å². The lowest BCUT2D eigenvalue weighted by Crippen LogP contribution is -2.47. The van der Waals surface area contributed by atoms with Crippen LogP contribution in [0.5, 0.6) is 0 Å². The highest BCUT2D eigenvalue weighted by atomic mass is 19.1. The smallest absolute Gasteiger partial charge is 0.276 e. The SMILES string of the molecule is CC1CCN(C(=O)c2nnn(-c3cccc(F)c3)c2C2CC2)CC1(C)C. The van der Waals surface area contributed by atoms with Gasteiger partial charge < -0.3 is 4.90 Å². The Morgan fingerprint density at radius 3 is 2.69 bits per heavy atom. The lowest BCUT2D eigenvalue weighted by Gasteiger charge is -2.42. The summed E-state index contributed by atoms with van der Waals surface area (Å²) in [7, 11) is 0. The molecule has 1 aromatic carbocycles. The molecule has 0 bridgehead atoms. The Bertz CT molecular complexity index is 840. The van der Waals surface area contributed by atoms with Crippen LogP contribution in [-0.4, -0.2) is 38.9 Å². The molecule has 2 aliphatic rings. The summed E-state index contributed by atoms with van der Waals surface area (Å²) >= 11 is 0. The Morgan fingerprint density at radius 2 is 2.04 bits per heavy atom. The molecule has 138 valence electrons. The van der Waals surface area contributed by atoms with E-state index in [0.29, 0.717) is 17.3 Å². The molecule has 1 saturated carbocycles. The number of piperidine rings is 1. The second-order valence-corrected chi connectivity index (χ2v) is 8.39. The quantitative estimate of drug-likeness (QED) is 0.841. The number of halogens is 1. The number of likely N-dealkylation sites (tertiary alicyclic amines) is 1. The molecule has 5 nitrogen and oxygen atoms in total. The number of carbonyl (C=O) groups excluding carboxylic acids is 1. The van der Waals surface area contributed by atoms with E-state index < -0.39 is 0 Å². The summed E-state index contributed by atoms with van der Waals surface area (Å²) < 4.78 is 15.3. The topological polar surface area (TPSA) is 51.0 Å². The molecule has 4 rings (SSSR count). The van der Waals surface area contributed by atoms with Crippen LogP contribution >= 0.6 is 0 Å². The number of nitrogens with zero attached hydrogens (tertiary/aromatic N) is 4. The Kier molecular flexibility index (Phi) is 4.09. The van der Waals surface area contributed by atoms with Crippen molar-refractivity contribution in [3.8, 4) is 5.69 Å². The predicted molar refractivity (Wildman–Crippen MR) is 96.8 cm³/mol. The fourth-order valence-corrected chi connectivity index (χ4v) is 3.75. The van der Waals surface area contributed by atoms with Crippen molar-refractivity contribution in [2.45, 2.75) is 46.0 Å². The summed E-state index contributed by atoms with van der Waals surface area (Å²) in [4.78, 5) is 15.1. The Morgan fingerprint density at radius 1 is 1.27 bits per heavy atom. The molecule has 1 unspecified atom stereocenters. The van der Waals surface area contributed by atoms with Crippen LogP contribution in [0.25, 0.3) is 5.69 Å². The zero-order chi connectivity index (χ0) is 18.5. The average molecular weight is 356 g/mol. The maximum Gasteiger partial charge on any atom is 0.276 e. The van der Waals surface area contributed by atoms with Crippen molar-refractivity contribution in [2.24, 2.45) is 11.3 Å². The lowest BCUT2D eigenvalue weighted by atomic mass is 9.75. The third kappa shape index (κ3) is 3.02. The molecule has 0 spiro atoms. The molecule has 6 heteroatoms. The molecule has 0 N–H and O–H groups in total. The second kappa shape index (κ2) is 6.18. The molecule has 2 heterocycles. The summed E-state index contributed by atoms with van der Waals surface area (Å²) in [6, 6.07) is 6.28. The van der Waals surface area contributed by atoms with Gasteiger partial charge in [-0.15, -0.1) is 5.10 Å². The first-order valence-corrected chi connectivity index (χ1v) is 9.37. The largest absolute Gasteiger partial charge is 0.337 e. The molecule has 1 aliphatic carbocycles. The van der Waals surface area contributed by atoms with Gasteiger partial charge in [-0.05, 0) is 48.8 Å². The third-order valence-electron chi connectivity index (χ3n) is 5.98. The van der Waals surface area contributed by atoms with E-state index in [1.165, 1.54) is 12.1 Å². The van der Waals surface area contributed by atoms with E-state index in [2.05, 4.69) is 31.1 Å². The second-order valence-electron chi connectivity index (χ2n) is 8.39. The minimum absolute atomic E-state index is 0.0467. The van der Waals surface area contributed by atoms with Crippen molar-refractivity contribution in [2.75, 3.05) is 13.1 Å². The Balaban J connectivity index is 1.68. The minimum Gasteiger partial charge on any atom is -0.337 e. The number of amides is 1. The zero-order valence-electron chi connectivity index (χ0n) is 15.6. The summed E-state index contributed by atoms with van der Waals surface area (Å²) in [6.45, 7) is 8.15. The monoisotopic (exact) mass is 356 g/mol. The van der Waals surface area contributed by atoms with Gasteiger partial charge in [0.05, 0.1) is 11.4 Å². The molecule has 1 saturated heterocycles. The van der Waals surface area contributed by atoms with Crippen molar-refractivity contribution in [1.29, 1.82) is 0 Å². The number of carbonyl (C=O) groups is 1. The van der Waals surface area contributed by atoms with E-state index >= 15 is 0 Å². The van der Waals surface area contributed by atoms with Crippen LogP contribution in [0, 0.1) is 17.2 Å². The van der Waals surface area contributed by atoms with Crippen molar-refractivity contribution >= 4 is 5.91 Å². The van der Waals surface area contributed by atoms with Crippen LogP contribution in [0.2, 0.25) is 0 Å². The standard InChI is InChI=1S/C20H25FN4O/c1-13-9-10-24(12-20(13,2)3)19(26)17-18(14-7-8-14)25(23-22-17)16-6-4-5-15(21)11-16/h4-6,11,13-14H,7-10,12H2,1-3H3. The molecule has 1 aliphatic heterocycles. The Labute approximate surface area is 153 Å². The number of hydrogen-bond acceptors (Lipinski definition) is 3. The highest BCUT2D eigenvalue weighted by molar-refractivity contribution is 5.94. The van der Waals surface area contributed by atoms with E-state index in [9.17, 15) is 9.18 Å². The third-order valence-corrected chi connectivity index (χ3v) is 5.98. The number of aromatic nitrogens is 3. The predicted octanol–water partition coefficient (Wildman–Crippen LogP) is 3.79. The van der Waals surface area contributed by atoms with Gasteiger partial charge >= 0.3 is 0 Å². The molecular formula is C20H25FN4O. The van der Waals surface area contributed by atoms with E-state index in [-0.39, 0.29) is 23.1 Å². The molecule has 1 amide bonds. The van der Waals surface area contributed by atoms with Gasteiger partial charge in [-0.1, -0.05) is 32.1 Å². The Hall–Kier alpha value is -2.24. The number of benzene rings is 1. The van der Waals surface area contributed by atoms with Crippen molar-refractivity contribution in [3.63, 3.8) is 0 Å². The van der Waals surface area contributed by atoms with Gasteiger partial charge in [0.1, 0.15) is 5.82 Å². The first-order valence-electron chi connectivity index (χ1n) is 9.37. The highest BCUT2D eigenvalue weighted by Crippen LogP contribution is 2.43. The summed E-state index contributed by atoms with van der Waals surface area (Å²) in [5.74, 6) is 0.496.